The van der Waals surface area contributed by atoms with Gasteiger partial charge in [-0.3, -0.25) is 14.4 Å². The summed E-state index contributed by atoms with van der Waals surface area (Å²) in [4.78, 5) is 38.1. The van der Waals surface area contributed by atoms with E-state index in [9.17, 15) is 18.8 Å². The number of rotatable bonds is 6. The first-order valence-corrected chi connectivity index (χ1v) is 11.6. The van der Waals surface area contributed by atoms with Gasteiger partial charge in [-0.25, -0.2) is 4.39 Å². The third-order valence-corrected chi connectivity index (χ3v) is 6.27. The molecule has 2 N–H and O–H groups in total. The molecule has 0 bridgehead atoms. The highest BCUT2D eigenvalue weighted by Gasteiger charge is 2.29. The minimum absolute atomic E-state index is 0.0324. The molecule has 3 aromatic carbocycles. The Morgan fingerprint density at radius 1 is 0.946 bits per heavy atom. The molecule has 192 valence electrons. The lowest BCUT2D eigenvalue weighted by Crippen LogP contribution is -2.26. The lowest BCUT2D eigenvalue weighted by molar-refractivity contribution is -0.119. The van der Waals surface area contributed by atoms with Crippen molar-refractivity contribution in [2.24, 2.45) is 0 Å². The second kappa shape index (κ2) is 10.7. The Morgan fingerprint density at radius 3 is 2.27 bits per heavy atom. The van der Waals surface area contributed by atoms with Crippen molar-refractivity contribution in [3.8, 4) is 28.4 Å². The number of anilines is 1. The van der Waals surface area contributed by atoms with Gasteiger partial charge in [0.05, 0.1) is 33.1 Å². The summed E-state index contributed by atoms with van der Waals surface area (Å²) in [6.07, 6.45) is 1.08. The Hall–Kier alpha value is -4.40. The van der Waals surface area contributed by atoms with E-state index >= 15 is 0 Å². The third kappa shape index (κ3) is 5.11. The predicted octanol–water partition coefficient (Wildman–Crippen LogP) is 4.25. The first-order chi connectivity index (χ1) is 17.8. The molecule has 2 amide bonds. The summed E-state index contributed by atoms with van der Waals surface area (Å²) in [6, 6.07) is 11.0. The van der Waals surface area contributed by atoms with Gasteiger partial charge in [0.2, 0.25) is 17.1 Å². The van der Waals surface area contributed by atoms with E-state index in [0.717, 1.165) is 5.56 Å². The predicted molar refractivity (Wildman–Crippen MR) is 137 cm³/mol. The van der Waals surface area contributed by atoms with Crippen LogP contribution in [0, 0.1) is 5.82 Å². The molecular weight excluding hydrogens is 479 g/mol. The van der Waals surface area contributed by atoms with Crippen molar-refractivity contribution in [3.05, 3.63) is 81.3 Å². The maximum atomic E-state index is 13.3. The number of nitrogens with one attached hydrogen (secondary N) is 2. The van der Waals surface area contributed by atoms with E-state index in [1.807, 2.05) is 6.07 Å². The standard InChI is InChI=1S/C28H27FN2O6/c1-15(32)30-21-11-7-17-13-24(35-2)26(36-3)27(37-4)25(17)19-10-12-22(23(33)14-20(19)21)31-28(34)16-5-8-18(29)9-6-16/h5-6,8-10,12-14,21H,7,11H2,1-4H3,(H,30,32)(H,31,33,34)/t21-/m0/s1. The number of carbonyl (C=O) groups is 2. The van der Waals surface area contributed by atoms with E-state index < -0.39 is 23.2 Å². The molecule has 0 unspecified atom stereocenters. The van der Waals surface area contributed by atoms with Crippen LogP contribution < -0.4 is 30.3 Å². The number of amides is 2. The van der Waals surface area contributed by atoms with Crippen LogP contribution in [0.2, 0.25) is 0 Å². The van der Waals surface area contributed by atoms with Gasteiger partial charge < -0.3 is 24.8 Å². The van der Waals surface area contributed by atoms with Crippen molar-refractivity contribution in [3.63, 3.8) is 0 Å². The van der Waals surface area contributed by atoms with Crippen molar-refractivity contribution < 1.29 is 28.2 Å². The highest BCUT2D eigenvalue weighted by atomic mass is 19.1. The molecule has 8 nitrogen and oxygen atoms in total. The van der Waals surface area contributed by atoms with E-state index in [2.05, 4.69) is 10.6 Å². The Bertz CT molecular complexity index is 1420. The zero-order chi connectivity index (χ0) is 26.7. The summed E-state index contributed by atoms with van der Waals surface area (Å²) in [5.41, 5.74) is 2.59. The van der Waals surface area contributed by atoms with Crippen LogP contribution in [0.5, 0.6) is 17.2 Å². The fourth-order valence-electron chi connectivity index (χ4n) is 4.61. The Labute approximate surface area is 213 Å². The minimum Gasteiger partial charge on any atom is -0.493 e. The van der Waals surface area contributed by atoms with Gasteiger partial charge >= 0.3 is 0 Å². The van der Waals surface area contributed by atoms with Crippen molar-refractivity contribution in [1.29, 1.82) is 0 Å². The van der Waals surface area contributed by atoms with Crippen LogP contribution in [0.25, 0.3) is 11.1 Å². The molecule has 9 heteroatoms. The lowest BCUT2D eigenvalue weighted by atomic mass is 9.95. The first kappa shape index (κ1) is 25.7. The molecule has 0 fully saturated rings. The number of fused-ring (bicyclic) bond motifs is 3. The van der Waals surface area contributed by atoms with Crippen LogP contribution in [0.4, 0.5) is 10.1 Å². The van der Waals surface area contributed by atoms with Crippen molar-refractivity contribution in [1.82, 2.24) is 5.32 Å². The molecule has 0 spiro atoms. The number of ether oxygens (including phenoxy) is 3. The second-order valence-corrected chi connectivity index (χ2v) is 8.56. The smallest absolute Gasteiger partial charge is 0.255 e. The number of hydrogen-bond donors (Lipinski definition) is 2. The van der Waals surface area contributed by atoms with Crippen LogP contribution in [-0.2, 0) is 11.2 Å². The van der Waals surface area contributed by atoms with Crippen LogP contribution in [0.1, 0.15) is 40.9 Å². The number of carbonyl (C=O) groups excluding carboxylic acids is 2. The zero-order valence-electron chi connectivity index (χ0n) is 20.9. The Balaban J connectivity index is 1.92. The van der Waals surface area contributed by atoms with Crippen LogP contribution in [-0.4, -0.2) is 33.1 Å². The summed E-state index contributed by atoms with van der Waals surface area (Å²) in [5.74, 6) is 0.0481. The molecule has 0 aromatic heterocycles. The lowest BCUT2D eigenvalue weighted by Gasteiger charge is -2.19. The van der Waals surface area contributed by atoms with Crippen LogP contribution in [0.3, 0.4) is 0 Å². The van der Waals surface area contributed by atoms with E-state index in [4.69, 9.17) is 14.2 Å². The van der Waals surface area contributed by atoms with Gasteiger partial charge in [0.15, 0.2) is 11.5 Å². The number of halogens is 1. The quantitative estimate of drug-likeness (QED) is 0.518. The van der Waals surface area contributed by atoms with E-state index in [1.165, 1.54) is 64.7 Å². The molecular formula is C28H27FN2O6. The summed E-state index contributed by atoms with van der Waals surface area (Å²) >= 11 is 0. The summed E-state index contributed by atoms with van der Waals surface area (Å²) in [7, 11) is 4.56. The van der Waals surface area contributed by atoms with Crippen LogP contribution in [0.15, 0.2) is 53.3 Å². The molecule has 37 heavy (non-hydrogen) atoms. The van der Waals surface area contributed by atoms with E-state index in [1.54, 1.807) is 6.07 Å². The molecule has 3 aromatic rings. The monoisotopic (exact) mass is 506 g/mol. The van der Waals surface area contributed by atoms with Gasteiger partial charge in [-0.05, 0) is 72.0 Å². The fraction of sp³-hybridized carbons (Fsp3) is 0.250. The Kier molecular flexibility index (Phi) is 7.42. The molecule has 0 radical (unpaired) electrons. The molecule has 0 saturated carbocycles. The Morgan fingerprint density at radius 2 is 1.65 bits per heavy atom. The summed E-state index contributed by atoms with van der Waals surface area (Å²) in [6.45, 7) is 1.42. The molecule has 1 aliphatic carbocycles. The van der Waals surface area contributed by atoms with Gasteiger partial charge in [0.25, 0.3) is 5.91 Å². The van der Waals surface area contributed by atoms with Gasteiger partial charge in [0.1, 0.15) is 5.82 Å². The number of aryl methyl sites for hydroxylation is 1. The van der Waals surface area contributed by atoms with Gasteiger partial charge in [-0.1, -0.05) is 6.07 Å². The molecule has 0 aliphatic heterocycles. The molecule has 0 saturated heterocycles. The van der Waals surface area contributed by atoms with E-state index in [-0.39, 0.29) is 17.2 Å². The summed E-state index contributed by atoms with van der Waals surface area (Å²) < 4.78 is 30.1. The van der Waals surface area contributed by atoms with Crippen molar-refractivity contribution in [2.75, 3.05) is 26.6 Å². The minimum atomic E-state index is -0.554. The number of benzene rings is 2. The van der Waals surface area contributed by atoms with Gasteiger partial charge in [-0.15, -0.1) is 0 Å². The molecule has 0 heterocycles. The normalized spacial score (nSPS) is 13.9. The maximum Gasteiger partial charge on any atom is 0.255 e. The first-order valence-electron chi connectivity index (χ1n) is 11.6. The summed E-state index contributed by atoms with van der Waals surface area (Å²) in [5, 5.41) is 5.55. The topological polar surface area (TPSA) is 103 Å². The molecule has 1 aliphatic rings. The number of methoxy groups -OCH3 is 3. The van der Waals surface area contributed by atoms with E-state index in [0.29, 0.717) is 46.8 Å². The molecule has 1 atom stereocenters. The van der Waals surface area contributed by atoms with Gasteiger partial charge in [0, 0.05) is 18.1 Å². The number of hydrogen-bond acceptors (Lipinski definition) is 6. The molecule has 4 rings (SSSR count). The maximum absolute atomic E-state index is 13.3. The van der Waals surface area contributed by atoms with Crippen LogP contribution >= 0.6 is 0 Å². The zero-order valence-corrected chi connectivity index (χ0v) is 20.9. The average molecular weight is 507 g/mol. The van der Waals surface area contributed by atoms with Gasteiger partial charge in [-0.2, -0.15) is 0 Å². The fourth-order valence-corrected chi connectivity index (χ4v) is 4.61. The second-order valence-electron chi connectivity index (χ2n) is 8.56. The third-order valence-electron chi connectivity index (χ3n) is 6.27. The largest absolute Gasteiger partial charge is 0.493 e. The highest BCUT2D eigenvalue weighted by Crippen LogP contribution is 2.50. The van der Waals surface area contributed by atoms with Crippen molar-refractivity contribution >= 4 is 17.5 Å². The van der Waals surface area contributed by atoms with Crippen molar-refractivity contribution in [2.45, 2.75) is 25.8 Å². The highest BCUT2D eigenvalue weighted by molar-refractivity contribution is 6.04. The average Bonchev–Trinajstić information content (AvgIpc) is 3.12. The SMILES string of the molecule is COc1cc2c(c(OC)c1OC)-c1ccc(NC(=O)c3ccc(F)cc3)c(=O)cc1[C@@H](NC(C)=O)CC2.